The van der Waals surface area contributed by atoms with Crippen LogP contribution in [-0.4, -0.2) is 28.4 Å². The minimum atomic E-state index is -0.653. The third-order valence-corrected chi connectivity index (χ3v) is 3.03. The summed E-state index contributed by atoms with van der Waals surface area (Å²) < 4.78 is 7.00. The molecule has 116 valence electrons. The van der Waals surface area contributed by atoms with Crippen molar-refractivity contribution in [2.24, 2.45) is 5.73 Å². The van der Waals surface area contributed by atoms with E-state index in [4.69, 9.17) is 10.5 Å². The van der Waals surface area contributed by atoms with E-state index in [2.05, 4.69) is 10.4 Å². The molecule has 0 aliphatic rings. The van der Waals surface area contributed by atoms with Gasteiger partial charge in [-0.15, -0.1) is 0 Å². The minimum absolute atomic E-state index is 0.238. The number of hydrogen-bond donors (Lipinski definition) is 2. The number of hydrogen-bond acceptors (Lipinski definition) is 4. The SMILES string of the molecule is Cc1cc(C)n(CCOC(=O)c2ccc(NC(N)=O)cc2)n1. The van der Waals surface area contributed by atoms with Gasteiger partial charge in [-0.3, -0.25) is 4.68 Å². The number of carbonyl (C=O) groups is 2. The Balaban J connectivity index is 1.87. The highest BCUT2D eigenvalue weighted by Gasteiger charge is 2.08. The number of urea groups is 1. The number of nitrogens with zero attached hydrogens (tertiary/aromatic N) is 2. The zero-order chi connectivity index (χ0) is 16.1. The van der Waals surface area contributed by atoms with Crippen molar-refractivity contribution >= 4 is 17.7 Å². The first-order valence-corrected chi connectivity index (χ1v) is 6.80. The van der Waals surface area contributed by atoms with Crippen molar-refractivity contribution in [2.75, 3.05) is 11.9 Å². The molecule has 1 heterocycles. The molecule has 3 N–H and O–H groups in total. The second kappa shape index (κ2) is 6.75. The van der Waals surface area contributed by atoms with Crippen molar-refractivity contribution in [2.45, 2.75) is 20.4 Å². The van der Waals surface area contributed by atoms with Crippen LogP contribution in [0.3, 0.4) is 0 Å². The first-order valence-electron chi connectivity index (χ1n) is 6.80. The Morgan fingerprint density at radius 1 is 1.27 bits per heavy atom. The molecule has 2 rings (SSSR count). The average molecular weight is 302 g/mol. The topological polar surface area (TPSA) is 99.2 Å². The highest BCUT2D eigenvalue weighted by Crippen LogP contribution is 2.10. The monoisotopic (exact) mass is 302 g/mol. The molecule has 0 radical (unpaired) electrons. The van der Waals surface area contributed by atoms with Crippen molar-refractivity contribution in [1.29, 1.82) is 0 Å². The fourth-order valence-corrected chi connectivity index (χ4v) is 2.04. The quantitative estimate of drug-likeness (QED) is 0.823. The zero-order valence-electron chi connectivity index (χ0n) is 12.5. The molecule has 7 heteroatoms. The molecule has 22 heavy (non-hydrogen) atoms. The lowest BCUT2D eigenvalue weighted by Crippen LogP contribution is -2.19. The second-order valence-electron chi connectivity index (χ2n) is 4.85. The molecule has 1 aromatic carbocycles. The molecular weight excluding hydrogens is 284 g/mol. The number of amides is 2. The number of nitrogens with two attached hydrogens (primary N) is 1. The first kappa shape index (κ1) is 15.6. The fourth-order valence-electron chi connectivity index (χ4n) is 2.04. The Labute approximate surface area is 128 Å². The zero-order valence-corrected chi connectivity index (χ0v) is 12.5. The second-order valence-corrected chi connectivity index (χ2v) is 4.85. The van der Waals surface area contributed by atoms with E-state index < -0.39 is 12.0 Å². The number of carbonyl (C=O) groups excluding carboxylic acids is 2. The van der Waals surface area contributed by atoms with Crippen LogP contribution >= 0.6 is 0 Å². The number of anilines is 1. The van der Waals surface area contributed by atoms with Crippen LogP contribution < -0.4 is 11.1 Å². The van der Waals surface area contributed by atoms with Gasteiger partial charge < -0.3 is 15.8 Å². The van der Waals surface area contributed by atoms with Gasteiger partial charge in [0, 0.05) is 11.4 Å². The molecule has 2 aromatic rings. The number of esters is 1. The highest BCUT2D eigenvalue weighted by molar-refractivity contribution is 5.91. The van der Waals surface area contributed by atoms with E-state index in [0.29, 0.717) is 17.8 Å². The molecule has 0 saturated heterocycles. The Hall–Kier alpha value is -2.83. The smallest absolute Gasteiger partial charge is 0.338 e. The summed E-state index contributed by atoms with van der Waals surface area (Å²) in [5.74, 6) is -0.424. The van der Waals surface area contributed by atoms with Crippen molar-refractivity contribution < 1.29 is 14.3 Å². The van der Waals surface area contributed by atoms with Crippen LogP contribution in [0.15, 0.2) is 30.3 Å². The van der Waals surface area contributed by atoms with Crippen LogP contribution in [0.5, 0.6) is 0 Å². The van der Waals surface area contributed by atoms with Gasteiger partial charge >= 0.3 is 12.0 Å². The maximum Gasteiger partial charge on any atom is 0.338 e. The standard InChI is InChI=1S/C15H18N4O3/c1-10-9-11(2)19(18-10)7-8-22-14(20)12-3-5-13(6-4-12)17-15(16)21/h3-6,9H,7-8H2,1-2H3,(H3,16,17,21). The van der Waals surface area contributed by atoms with Gasteiger partial charge in [0.15, 0.2) is 0 Å². The molecule has 2 amide bonds. The maximum absolute atomic E-state index is 11.9. The van der Waals surface area contributed by atoms with Crippen LogP contribution in [0.4, 0.5) is 10.5 Å². The van der Waals surface area contributed by atoms with Gasteiger partial charge in [0.2, 0.25) is 0 Å². The minimum Gasteiger partial charge on any atom is -0.460 e. The molecule has 0 saturated carbocycles. The molecule has 7 nitrogen and oxygen atoms in total. The van der Waals surface area contributed by atoms with Crippen LogP contribution in [-0.2, 0) is 11.3 Å². The summed E-state index contributed by atoms with van der Waals surface area (Å²) in [7, 11) is 0. The van der Waals surface area contributed by atoms with Crippen LogP contribution in [0, 0.1) is 13.8 Å². The van der Waals surface area contributed by atoms with Gasteiger partial charge in [-0.1, -0.05) is 0 Å². The molecule has 0 bridgehead atoms. The molecule has 0 spiro atoms. The number of aryl methyl sites for hydroxylation is 2. The number of rotatable bonds is 5. The van der Waals surface area contributed by atoms with Crippen molar-refractivity contribution in [3.05, 3.63) is 47.3 Å². The Morgan fingerprint density at radius 3 is 2.50 bits per heavy atom. The molecule has 0 aliphatic heterocycles. The summed E-state index contributed by atoms with van der Waals surface area (Å²) in [6.45, 7) is 4.61. The van der Waals surface area contributed by atoms with Gasteiger partial charge in [-0.25, -0.2) is 9.59 Å². The van der Waals surface area contributed by atoms with Gasteiger partial charge in [0.05, 0.1) is 17.8 Å². The molecule has 0 atom stereocenters. The summed E-state index contributed by atoms with van der Waals surface area (Å²) in [6.07, 6.45) is 0. The highest BCUT2D eigenvalue weighted by atomic mass is 16.5. The summed E-state index contributed by atoms with van der Waals surface area (Å²) in [5.41, 5.74) is 7.89. The van der Waals surface area contributed by atoms with Gasteiger partial charge in [-0.2, -0.15) is 5.10 Å². The third kappa shape index (κ3) is 4.08. The average Bonchev–Trinajstić information content (AvgIpc) is 2.77. The Kier molecular flexibility index (Phi) is 4.77. The lowest BCUT2D eigenvalue weighted by molar-refractivity contribution is 0.0487. The van der Waals surface area contributed by atoms with Crippen LogP contribution in [0.2, 0.25) is 0 Å². The predicted octanol–water partition coefficient (Wildman–Crippen LogP) is 1.85. The third-order valence-electron chi connectivity index (χ3n) is 3.03. The van der Waals surface area contributed by atoms with E-state index in [9.17, 15) is 9.59 Å². The molecular formula is C15H18N4O3. The van der Waals surface area contributed by atoms with Gasteiger partial charge in [0.1, 0.15) is 6.61 Å². The van der Waals surface area contributed by atoms with Crippen molar-refractivity contribution in [3.63, 3.8) is 0 Å². The van der Waals surface area contributed by atoms with Crippen molar-refractivity contribution in [3.8, 4) is 0 Å². The summed E-state index contributed by atoms with van der Waals surface area (Å²) in [5, 5.41) is 6.71. The lowest BCUT2D eigenvalue weighted by Gasteiger charge is -2.07. The molecule has 0 aliphatic carbocycles. The summed E-state index contributed by atoms with van der Waals surface area (Å²) in [4.78, 5) is 22.6. The molecule has 0 fully saturated rings. The van der Waals surface area contributed by atoms with Crippen molar-refractivity contribution in [1.82, 2.24) is 9.78 Å². The molecule has 1 aromatic heterocycles. The largest absolute Gasteiger partial charge is 0.460 e. The number of aromatic nitrogens is 2. The Morgan fingerprint density at radius 2 is 1.95 bits per heavy atom. The first-order chi connectivity index (χ1) is 10.5. The number of benzene rings is 1. The summed E-state index contributed by atoms with van der Waals surface area (Å²) in [6, 6.07) is 7.62. The van der Waals surface area contributed by atoms with E-state index in [1.807, 2.05) is 19.9 Å². The fraction of sp³-hybridized carbons (Fsp3) is 0.267. The number of primary amides is 1. The normalized spacial score (nSPS) is 10.3. The predicted molar refractivity (Wildman–Crippen MR) is 81.6 cm³/mol. The van der Waals surface area contributed by atoms with E-state index in [0.717, 1.165) is 11.4 Å². The van der Waals surface area contributed by atoms with E-state index in [-0.39, 0.29) is 6.61 Å². The number of ether oxygens (including phenoxy) is 1. The Bertz CT molecular complexity index is 677. The lowest BCUT2D eigenvalue weighted by atomic mass is 10.2. The van der Waals surface area contributed by atoms with E-state index in [1.54, 1.807) is 28.9 Å². The maximum atomic E-state index is 11.9. The van der Waals surface area contributed by atoms with E-state index in [1.165, 1.54) is 0 Å². The van der Waals surface area contributed by atoms with E-state index >= 15 is 0 Å². The van der Waals surface area contributed by atoms with Crippen LogP contribution in [0.1, 0.15) is 21.7 Å². The number of nitrogens with one attached hydrogen (secondary N) is 1. The summed E-state index contributed by atoms with van der Waals surface area (Å²) >= 11 is 0. The van der Waals surface area contributed by atoms with Gasteiger partial charge in [0.25, 0.3) is 0 Å². The molecule has 0 unspecified atom stereocenters. The van der Waals surface area contributed by atoms with Crippen LogP contribution in [0.25, 0.3) is 0 Å². The van der Waals surface area contributed by atoms with Gasteiger partial charge in [-0.05, 0) is 44.2 Å².